The molecule has 1 N–H and O–H groups in total. The van der Waals surface area contributed by atoms with E-state index in [1.807, 2.05) is 13.8 Å². The van der Waals surface area contributed by atoms with Crippen molar-refractivity contribution in [2.24, 2.45) is 4.99 Å². The van der Waals surface area contributed by atoms with E-state index in [1.165, 1.54) is 0 Å². The fourth-order valence-electron chi connectivity index (χ4n) is 0.497. The molecule has 0 aromatic carbocycles. The molecule has 0 spiro atoms. The van der Waals surface area contributed by atoms with Gasteiger partial charge in [-0.3, -0.25) is 4.99 Å². The van der Waals surface area contributed by atoms with Crippen molar-refractivity contribution in [2.75, 3.05) is 7.05 Å². The Morgan fingerprint density at radius 1 is 1.60 bits per heavy atom. The van der Waals surface area contributed by atoms with Gasteiger partial charge in [-0.15, -0.1) is 0 Å². The first-order chi connectivity index (χ1) is 4.04. The largest absolute Gasteiger partial charge is 0.384 e. The number of rotatable bonds is 2. The van der Waals surface area contributed by atoms with Crippen LogP contribution in [0, 0.1) is 39.9 Å². The topological polar surface area (TPSA) is 32.6 Å². The normalized spacial score (nSPS) is 17.5. The molecule has 0 radical (unpaired) electrons. The molecule has 10 heavy (non-hydrogen) atoms. The van der Waals surface area contributed by atoms with E-state index in [-0.39, 0.29) is 39.9 Å². The predicted octanol–water partition coefficient (Wildman–Crippen LogP) is 1.24. The van der Waals surface area contributed by atoms with E-state index in [2.05, 4.69) is 4.99 Å². The Hall–Kier alpha value is 0.955. The number of aliphatic hydroxyl groups is 1. The van der Waals surface area contributed by atoms with E-state index >= 15 is 0 Å². The molecule has 0 rings (SSSR count). The second kappa shape index (κ2) is 5.59. The van der Waals surface area contributed by atoms with Crippen LogP contribution in [0.15, 0.2) is 4.99 Å². The van der Waals surface area contributed by atoms with Crippen LogP contribution in [0.3, 0.4) is 0 Å². The fourth-order valence-corrected chi connectivity index (χ4v) is 0.497. The summed E-state index contributed by atoms with van der Waals surface area (Å²) >= 11 is 0. The van der Waals surface area contributed by atoms with Gasteiger partial charge in [0.15, 0.2) is 0 Å². The maximum atomic E-state index is 9.46. The van der Waals surface area contributed by atoms with Crippen LogP contribution >= 0.6 is 0 Å². The average molecular weight is 286 g/mol. The summed E-state index contributed by atoms with van der Waals surface area (Å²) in [5, 5.41) is 9.46. The van der Waals surface area contributed by atoms with E-state index in [1.54, 1.807) is 14.0 Å². The zero-order valence-electron chi connectivity index (χ0n) is 6.96. The molecular weight excluding hydrogens is 271 g/mol. The predicted molar refractivity (Wildman–Crippen MR) is 39.9 cm³/mol. The Morgan fingerprint density at radius 2 is 2.00 bits per heavy atom. The minimum Gasteiger partial charge on any atom is -0.384 e. The van der Waals surface area contributed by atoms with Gasteiger partial charge in [0, 0.05) is 52.7 Å². The quantitative estimate of drug-likeness (QED) is 0.761. The van der Waals surface area contributed by atoms with Crippen LogP contribution < -0.4 is 0 Å². The second-order valence-corrected chi connectivity index (χ2v) is 2.44. The molecule has 1 atom stereocenters. The Balaban J connectivity index is 0. The first-order valence-electron chi connectivity index (χ1n) is 3.21. The molecule has 0 aromatic rings. The Labute approximate surface area is 94.8 Å². The maximum absolute atomic E-state index is 9.46. The average Bonchev–Trinajstić information content (AvgIpc) is 1.86. The smallest absolute Gasteiger partial charge is 0.0988 e. The standard InChI is InChI=1S/C7H15NO.Gd/c1-5-7(3,9)6(2)8-4;/h9H,5H2,1-4H3;. The molecule has 3 heteroatoms. The van der Waals surface area contributed by atoms with Gasteiger partial charge in [0.1, 0.15) is 0 Å². The first kappa shape index (κ1) is 13.5. The molecule has 2 nitrogen and oxygen atoms in total. The monoisotopic (exact) mass is 287 g/mol. The Kier molecular flexibility index (Phi) is 7.56. The van der Waals surface area contributed by atoms with Gasteiger partial charge < -0.3 is 5.11 Å². The number of nitrogens with zero attached hydrogens (tertiary/aromatic N) is 1. The van der Waals surface area contributed by atoms with E-state index in [0.717, 1.165) is 12.1 Å². The molecule has 0 amide bonds. The molecule has 1 unspecified atom stereocenters. The summed E-state index contributed by atoms with van der Waals surface area (Å²) in [7, 11) is 1.69. The zero-order valence-corrected chi connectivity index (χ0v) is 9.22. The molecule has 0 aliphatic carbocycles. The van der Waals surface area contributed by atoms with Crippen molar-refractivity contribution < 1.29 is 45.0 Å². The third-order valence-electron chi connectivity index (χ3n) is 1.80. The van der Waals surface area contributed by atoms with Gasteiger partial charge in [0.2, 0.25) is 0 Å². The van der Waals surface area contributed by atoms with Gasteiger partial charge in [0.25, 0.3) is 0 Å². The van der Waals surface area contributed by atoms with Crippen LogP contribution in [-0.2, 0) is 0 Å². The summed E-state index contributed by atoms with van der Waals surface area (Å²) < 4.78 is 0. The third kappa shape index (κ3) is 3.96. The molecule has 0 bridgehead atoms. The van der Waals surface area contributed by atoms with E-state index in [9.17, 15) is 5.11 Å². The minimum absolute atomic E-state index is 0. The van der Waals surface area contributed by atoms with Gasteiger partial charge >= 0.3 is 0 Å². The van der Waals surface area contributed by atoms with Crippen LogP contribution in [0.4, 0.5) is 0 Å². The van der Waals surface area contributed by atoms with E-state index in [4.69, 9.17) is 0 Å². The van der Waals surface area contributed by atoms with Crippen molar-refractivity contribution in [3.05, 3.63) is 0 Å². The maximum Gasteiger partial charge on any atom is 0.0988 e. The van der Waals surface area contributed by atoms with E-state index < -0.39 is 5.60 Å². The first-order valence-corrected chi connectivity index (χ1v) is 3.21. The van der Waals surface area contributed by atoms with Crippen molar-refractivity contribution in [3.63, 3.8) is 0 Å². The van der Waals surface area contributed by atoms with Gasteiger partial charge in [-0.05, 0) is 20.3 Å². The van der Waals surface area contributed by atoms with E-state index in [0.29, 0.717) is 0 Å². The van der Waals surface area contributed by atoms with Gasteiger partial charge in [-0.25, -0.2) is 0 Å². The van der Waals surface area contributed by atoms with Crippen LogP contribution in [0.5, 0.6) is 0 Å². The van der Waals surface area contributed by atoms with Crippen molar-refractivity contribution in [3.8, 4) is 0 Å². The van der Waals surface area contributed by atoms with Crippen molar-refractivity contribution in [2.45, 2.75) is 32.8 Å². The summed E-state index contributed by atoms with van der Waals surface area (Å²) in [6, 6.07) is 0. The second-order valence-electron chi connectivity index (χ2n) is 2.44. The van der Waals surface area contributed by atoms with Gasteiger partial charge in [0.05, 0.1) is 5.60 Å². The Bertz CT molecular complexity index is 121. The van der Waals surface area contributed by atoms with Crippen LogP contribution in [0.2, 0.25) is 0 Å². The number of hydrogen-bond donors (Lipinski definition) is 1. The van der Waals surface area contributed by atoms with Crippen molar-refractivity contribution in [1.29, 1.82) is 0 Å². The number of hydrogen-bond acceptors (Lipinski definition) is 2. The summed E-state index contributed by atoms with van der Waals surface area (Å²) in [4.78, 5) is 3.90. The third-order valence-corrected chi connectivity index (χ3v) is 1.80. The Morgan fingerprint density at radius 3 is 2.10 bits per heavy atom. The molecule has 0 saturated carbocycles. The SMILES string of the molecule is CCC(C)(O)C(C)=NC.[Gd]. The zero-order chi connectivity index (χ0) is 7.49. The molecule has 0 aliphatic heterocycles. The minimum atomic E-state index is -0.700. The molecule has 0 fully saturated rings. The summed E-state index contributed by atoms with van der Waals surface area (Å²) in [6.45, 7) is 5.55. The van der Waals surface area contributed by atoms with Crippen molar-refractivity contribution >= 4 is 5.71 Å². The van der Waals surface area contributed by atoms with Crippen LogP contribution in [-0.4, -0.2) is 23.5 Å². The van der Waals surface area contributed by atoms with Gasteiger partial charge in [-0.2, -0.15) is 0 Å². The summed E-state index contributed by atoms with van der Waals surface area (Å²) in [6.07, 6.45) is 0.718. The fraction of sp³-hybridized carbons (Fsp3) is 0.857. The molecule has 0 saturated heterocycles. The molecule has 0 aliphatic rings. The molecule has 0 heterocycles. The van der Waals surface area contributed by atoms with Crippen LogP contribution in [0.1, 0.15) is 27.2 Å². The molecular formula is C7H15GdNO. The van der Waals surface area contributed by atoms with Gasteiger partial charge in [-0.1, -0.05) is 6.92 Å². The number of aliphatic imine (C=N–C) groups is 1. The summed E-state index contributed by atoms with van der Waals surface area (Å²) in [5.74, 6) is 0. The van der Waals surface area contributed by atoms with Crippen LogP contribution in [0.25, 0.3) is 0 Å². The molecule has 62 valence electrons. The summed E-state index contributed by atoms with van der Waals surface area (Å²) in [5.41, 5.74) is 0.0966. The van der Waals surface area contributed by atoms with Crippen molar-refractivity contribution in [1.82, 2.24) is 0 Å². The molecule has 0 aromatic heterocycles.